The van der Waals surface area contributed by atoms with Crippen molar-refractivity contribution in [2.45, 2.75) is 39.0 Å². The Morgan fingerprint density at radius 1 is 1.20 bits per heavy atom. The molecule has 1 aromatic carbocycles. The molecule has 2 aromatic heterocycles. The lowest BCUT2D eigenvalue weighted by Gasteiger charge is -2.15. The second kappa shape index (κ2) is 8.70. The van der Waals surface area contributed by atoms with Crippen LogP contribution in [0.4, 0.5) is 8.78 Å². The molecule has 0 aliphatic heterocycles. The summed E-state index contributed by atoms with van der Waals surface area (Å²) in [7, 11) is -1.29. The zero-order valence-corrected chi connectivity index (χ0v) is 18.4. The molecule has 0 aliphatic carbocycles. The zero-order valence-electron chi connectivity index (χ0n) is 16.6. The number of nitrogens with zero attached hydrogens (tertiary/aromatic N) is 3. The molecule has 0 atom stereocenters. The Bertz CT molecular complexity index is 1150. The summed E-state index contributed by atoms with van der Waals surface area (Å²) in [6.07, 6.45) is 0. The number of H-pyrrole nitrogens is 1. The normalized spacial score (nSPS) is 12.1. The van der Waals surface area contributed by atoms with Crippen LogP contribution in [0.15, 0.2) is 33.9 Å². The highest BCUT2D eigenvalue weighted by Crippen LogP contribution is 2.21. The molecule has 30 heavy (non-hydrogen) atoms. The van der Waals surface area contributed by atoms with Crippen LogP contribution in [-0.4, -0.2) is 40.4 Å². The van der Waals surface area contributed by atoms with E-state index in [1.807, 2.05) is 0 Å². The molecule has 1 N–H and O–H groups in total. The minimum atomic E-state index is -2.96. The van der Waals surface area contributed by atoms with E-state index in [-0.39, 0.29) is 28.9 Å². The van der Waals surface area contributed by atoms with Gasteiger partial charge in [0.25, 0.3) is 5.56 Å². The predicted molar refractivity (Wildman–Crippen MR) is 112 cm³/mol. The van der Waals surface area contributed by atoms with E-state index in [2.05, 4.69) is 34.3 Å². The average Bonchev–Trinajstić information content (AvgIpc) is 2.95. The number of hydrogen-bond donors (Lipinski definition) is 1. The number of alkyl halides is 2. The van der Waals surface area contributed by atoms with Crippen LogP contribution in [0.1, 0.15) is 0 Å². The number of halogens is 3. The maximum atomic E-state index is 12.4. The molecule has 0 amide bonds. The first kappa shape index (κ1) is 22.2. The predicted octanol–water partition coefficient (Wildman–Crippen LogP) is 3.44. The minimum Gasteiger partial charge on any atom is -0.435 e. The summed E-state index contributed by atoms with van der Waals surface area (Å²) < 4.78 is 37.2. The van der Waals surface area contributed by atoms with Crippen molar-refractivity contribution in [3.63, 3.8) is 0 Å². The van der Waals surface area contributed by atoms with Crippen molar-refractivity contribution in [2.75, 3.05) is 6.61 Å². The number of ether oxygens (including phenoxy) is 2. The van der Waals surface area contributed by atoms with Gasteiger partial charge in [-0.1, -0.05) is 19.6 Å². The van der Waals surface area contributed by atoms with Gasteiger partial charge in [-0.15, -0.1) is 0 Å². The molecule has 0 saturated carbocycles. The Hall–Kier alpha value is -2.50. The van der Waals surface area contributed by atoms with Gasteiger partial charge in [0, 0.05) is 14.7 Å². The number of hydrogen-bond acceptors (Lipinski definition) is 5. The first-order valence-electron chi connectivity index (χ1n) is 9.11. The van der Waals surface area contributed by atoms with Crippen molar-refractivity contribution in [1.29, 1.82) is 0 Å². The third-order valence-electron chi connectivity index (χ3n) is 4.29. The molecule has 3 aromatic rings. The summed E-state index contributed by atoms with van der Waals surface area (Å²) in [6, 6.07) is 6.29. The quantitative estimate of drug-likeness (QED) is 0.317. The van der Waals surface area contributed by atoms with E-state index in [9.17, 15) is 18.4 Å². The number of aromatic nitrogens is 4. The molecular formula is C18H21ClF2N4O4Si. The van der Waals surface area contributed by atoms with Crippen LogP contribution in [0.2, 0.25) is 31.0 Å². The molecule has 12 heteroatoms. The SMILES string of the molecule is C[Si](C)(C)CCOCn1c(Cl)nc2c1c(=O)[nH]c(=O)n2-c1ccc(OC(F)F)cc1. The van der Waals surface area contributed by atoms with Crippen molar-refractivity contribution in [1.82, 2.24) is 19.1 Å². The molecule has 0 unspecified atom stereocenters. The summed E-state index contributed by atoms with van der Waals surface area (Å²) >= 11 is 6.21. The molecule has 162 valence electrons. The van der Waals surface area contributed by atoms with Crippen LogP contribution in [0.3, 0.4) is 0 Å². The number of fused-ring (bicyclic) bond motifs is 1. The van der Waals surface area contributed by atoms with Gasteiger partial charge in [0.15, 0.2) is 11.2 Å². The van der Waals surface area contributed by atoms with Crippen molar-refractivity contribution in [2.24, 2.45) is 0 Å². The average molecular weight is 459 g/mol. The summed E-state index contributed by atoms with van der Waals surface area (Å²) in [6.45, 7) is 4.20. The number of aromatic amines is 1. The van der Waals surface area contributed by atoms with E-state index in [0.717, 1.165) is 10.6 Å². The molecule has 0 saturated heterocycles. The number of benzene rings is 1. The topological polar surface area (TPSA) is 91.1 Å². The van der Waals surface area contributed by atoms with Gasteiger partial charge in [0.2, 0.25) is 5.28 Å². The van der Waals surface area contributed by atoms with Crippen LogP contribution in [-0.2, 0) is 11.5 Å². The summed E-state index contributed by atoms with van der Waals surface area (Å²) in [5.41, 5.74) is -0.998. The number of imidazole rings is 1. The molecule has 0 spiro atoms. The molecule has 0 fully saturated rings. The minimum absolute atomic E-state index is 0.00225. The Labute approximate surface area is 176 Å². The first-order chi connectivity index (χ1) is 14.1. The molecule has 2 heterocycles. The van der Waals surface area contributed by atoms with Crippen molar-refractivity contribution in [3.8, 4) is 11.4 Å². The summed E-state index contributed by atoms with van der Waals surface area (Å²) in [5, 5.41) is -0.0134. The molecule has 3 rings (SSSR count). The molecule has 0 bridgehead atoms. The standard InChI is InChI=1S/C18H21ClF2N4O4Si/c1-30(2,3)9-8-28-10-24-13-14(22-16(24)19)25(18(27)23-15(13)26)11-4-6-12(7-5-11)29-17(20)21/h4-7,17H,8-10H2,1-3H3,(H,23,26,27). The van der Waals surface area contributed by atoms with Gasteiger partial charge in [-0.05, 0) is 41.9 Å². The Morgan fingerprint density at radius 3 is 2.47 bits per heavy atom. The fraction of sp³-hybridized carbons (Fsp3) is 0.389. The Balaban J connectivity index is 1.99. The van der Waals surface area contributed by atoms with Gasteiger partial charge in [-0.2, -0.15) is 13.8 Å². The van der Waals surface area contributed by atoms with Gasteiger partial charge in [0.05, 0.1) is 5.69 Å². The Kier molecular flexibility index (Phi) is 6.43. The smallest absolute Gasteiger partial charge is 0.387 e. The zero-order chi connectivity index (χ0) is 22.1. The lowest BCUT2D eigenvalue weighted by molar-refractivity contribution is -0.0498. The third-order valence-corrected chi connectivity index (χ3v) is 6.28. The molecular weight excluding hydrogens is 438 g/mol. The second-order valence-electron chi connectivity index (χ2n) is 7.80. The van der Waals surface area contributed by atoms with Crippen LogP contribution in [0, 0.1) is 0 Å². The van der Waals surface area contributed by atoms with Crippen LogP contribution in [0.25, 0.3) is 16.9 Å². The third kappa shape index (κ3) is 4.97. The van der Waals surface area contributed by atoms with Gasteiger partial charge in [-0.3, -0.25) is 14.3 Å². The van der Waals surface area contributed by atoms with E-state index < -0.39 is 25.9 Å². The first-order valence-corrected chi connectivity index (χ1v) is 13.2. The van der Waals surface area contributed by atoms with E-state index in [0.29, 0.717) is 12.3 Å². The van der Waals surface area contributed by atoms with E-state index >= 15 is 0 Å². The fourth-order valence-corrected chi connectivity index (χ4v) is 3.74. The lowest BCUT2D eigenvalue weighted by atomic mass is 10.3. The van der Waals surface area contributed by atoms with Crippen molar-refractivity contribution in [3.05, 3.63) is 50.4 Å². The number of nitrogens with one attached hydrogen (secondary N) is 1. The monoisotopic (exact) mass is 458 g/mol. The Morgan fingerprint density at radius 2 is 1.87 bits per heavy atom. The second-order valence-corrected chi connectivity index (χ2v) is 13.8. The van der Waals surface area contributed by atoms with E-state index in [4.69, 9.17) is 16.3 Å². The van der Waals surface area contributed by atoms with Crippen molar-refractivity contribution < 1.29 is 18.3 Å². The fourth-order valence-electron chi connectivity index (χ4n) is 2.77. The van der Waals surface area contributed by atoms with Crippen molar-refractivity contribution >= 4 is 30.8 Å². The lowest BCUT2D eigenvalue weighted by Crippen LogP contribution is -2.30. The number of rotatable bonds is 8. The summed E-state index contributed by atoms with van der Waals surface area (Å²) in [4.78, 5) is 31.3. The summed E-state index contributed by atoms with van der Waals surface area (Å²) in [5.74, 6) is -0.0678. The van der Waals surface area contributed by atoms with Crippen LogP contribution < -0.4 is 16.0 Å². The van der Waals surface area contributed by atoms with Gasteiger partial charge in [0.1, 0.15) is 12.5 Å². The maximum Gasteiger partial charge on any atom is 0.387 e. The van der Waals surface area contributed by atoms with Crippen LogP contribution in [0.5, 0.6) is 5.75 Å². The van der Waals surface area contributed by atoms with Gasteiger partial charge < -0.3 is 9.47 Å². The maximum absolute atomic E-state index is 12.4. The largest absolute Gasteiger partial charge is 0.435 e. The molecule has 8 nitrogen and oxygen atoms in total. The molecule has 0 radical (unpaired) electrons. The van der Waals surface area contributed by atoms with Crippen LogP contribution >= 0.6 is 11.6 Å². The van der Waals surface area contributed by atoms with E-state index in [1.165, 1.54) is 28.8 Å². The highest BCUT2D eigenvalue weighted by molar-refractivity contribution is 6.76. The molecule has 0 aliphatic rings. The van der Waals surface area contributed by atoms with E-state index in [1.54, 1.807) is 0 Å². The highest BCUT2D eigenvalue weighted by Gasteiger charge is 2.19. The highest BCUT2D eigenvalue weighted by atomic mass is 35.5. The van der Waals surface area contributed by atoms with Gasteiger partial charge >= 0.3 is 12.3 Å². The van der Waals surface area contributed by atoms with Gasteiger partial charge in [-0.25, -0.2) is 9.36 Å².